The molecule has 0 radical (unpaired) electrons. The summed E-state index contributed by atoms with van der Waals surface area (Å²) in [6.45, 7) is 0. The fraction of sp³-hybridized carbons (Fsp3) is 0.0476. The summed E-state index contributed by atoms with van der Waals surface area (Å²) in [4.78, 5) is 25.0. The van der Waals surface area contributed by atoms with Crippen molar-refractivity contribution in [3.05, 3.63) is 77.9 Å². The summed E-state index contributed by atoms with van der Waals surface area (Å²) in [6.07, 6.45) is 3.50. The van der Waals surface area contributed by atoms with Gasteiger partial charge in [0.2, 0.25) is 0 Å². The molecule has 1 aromatic carbocycles. The van der Waals surface area contributed by atoms with E-state index in [0.717, 1.165) is 27.6 Å². The Morgan fingerprint density at radius 1 is 0.929 bits per heavy atom. The zero-order chi connectivity index (χ0) is 19.3. The first-order valence-electron chi connectivity index (χ1n) is 8.65. The maximum Gasteiger partial charge on any atom is 0.251 e. The van der Waals surface area contributed by atoms with E-state index >= 15 is 0 Å². The minimum atomic E-state index is -0.101. The molecule has 0 aliphatic carbocycles. The molecule has 2 N–H and O–H groups in total. The molecule has 3 heterocycles. The number of anilines is 2. The van der Waals surface area contributed by atoms with E-state index in [1.165, 1.54) is 11.3 Å². The first kappa shape index (κ1) is 17.8. The van der Waals surface area contributed by atoms with Gasteiger partial charge in [-0.3, -0.25) is 9.78 Å². The molecule has 0 atom stereocenters. The lowest BCUT2D eigenvalue weighted by atomic mass is 10.0. The van der Waals surface area contributed by atoms with E-state index in [-0.39, 0.29) is 5.91 Å². The lowest BCUT2D eigenvalue weighted by Crippen LogP contribution is -2.17. The predicted molar refractivity (Wildman–Crippen MR) is 112 cm³/mol. The van der Waals surface area contributed by atoms with Crippen LogP contribution in [0, 0.1) is 0 Å². The highest BCUT2D eigenvalue weighted by atomic mass is 32.1. The molecular formula is C21H17N5OS. The van der Waals surface area contributed by atoms with Crippen molar-refractivity contribution in [2.75, 3.05) is 12.4 Å². The van der Waals surface area contributed by atoms with E-state index in [2.05, 4.69) is 25.6 Å². The lowest BCUT2D eigenvalue weighted by molar-refractivity contribution is 0.0963. The van der Waals surface area contributed by atoms with Gasteiger partial charge in [0, 0.05) is 30.4 Å². The van der Waals surface area contributed by atoms with Crippen LogP contribution < -0.4 is 10.6 Å². The highest BCUT2D eigenvalue weighted by molar-refractivity contribution is 7.14. The van der Waals surface area contributed by atoms with Gasteiger partial charge in [0.05, 0.1) is 5.69 Å². The Balaban J connectivity index is 1.53. The minimum absolute atomic E-state index is 0.101. The number of carbonyl (C=O) groups excluding carboxylic acids is 1. The monoisotopic (exact) mass is 387 g/mol. The lowest BCUT2D eigenvalue weighted by Gasteiger charge is -2.06. The molecule has 0 saturated carbocycles. The first-order chi connectivity index (χ1) is 13.7. The fourth-order valence-electron chi connectivity index (χ4n) is 2.71. The molecule has 4 rings (SSSR count). The van der Waals surface area contributed by atoms with Crippen LogP contribution in [0.2, 0.25) is 0 Å². The summed E-state index contributed by atoms with van der Waals surface area (Å²) in [7, 11) is 1.62. The topological polar surface area (TPSA) is 79.8 Å². The van der Waals surface area contributed by atoms with Crippen LogP contribution in [0.4, 0.5) is 10.9 Å². The number of amides is 1. The second-order valence-electron chi connectivity index (χ2n) is 5.96. The number of hydrogen-bond donors (Lipinski definition) is 2. The van der Waals surface area contributed by atoms with Gasteiger partial charge in [0.15, 0.2) is 5.13 Å². The third-order valence-corrected chi connectivity index (χ3v) is 4.89. The van der Waals surface area contributed by atoms with E-state index in [1.807, 2.05) is 60.0 Å². The predicted octanol–water partition coefficient (Wildman–Crippen LogP) is 4.37. The van der Waals surface area contributed by atoms with Crippen LogP contribution in [-0.2, 0) is 0 Å². The van der Waals surface area contributed by atoms with Gasteiger partial charge in [0.25, 0.3) is 5.91 Å². The molecule has 0 saturated heterocycles. The van der Waals surface area contributed by atoms with Gasteiger partial charge in [0.1, 0.15) is 11.5 Å². The van der Waals surface area contributed by atoms with Crippen molar-refractivity contribution in [1.82, 2.24) is 20.3 Å². The standard InChI is InChI=1S/C21H17N5OS/c1-22-20(27)15-7-5-14(6-8-15)16-9-11-24-19(12-16)26-21-25-18(13-28-21)17-4-2-3-10-23-17/h2-13H,1H3,(H,22,27)(H,24,25,26). The number of thiazole rings is 1. The van der Waals surface area contributed by atoms with Gasteiger partial charge in [-0.1, -0.05) is 18.2 Å². The molecule has 0 aliphatic heterocycles. The summed E-state index contributed by atoms with van der Waals surface area (Å²) in [6, 6.07) is 17.1. The average Bonchev–Trinajstić information content (AvgIpc) is 3.22. The van der Waals surface area contributed by atoms with Crippen molar-refractivity contribution >= 4 is 28.2 Å². The zero-order valence-corrected chi connectivity index (χ0v) is 15.9. The number of benzene rings is 1. The van der Waals surface area contributed by atoms with E-state index < -0.39 is 0 Å². The Morgan fingerprint density at radius 2 is 1.79 bits per heavy atom. The summed E-state index contributed by atoms with van der Waals surface area (Å²) in [5.41, 5.74) is 4.30. The second-order valence-corrected chi connectivity index (χ2v) is 6.82. The summed E-state index contributed by atoms with van der Waals surface area (Å²) < 4.78 is 0. The van der Waals surface area contributed by atoms with Crippen molar-refractivity contribution < 1.29 is 4.79 Å². The Hall–Kier alpha value is -3.58. The van der Waals surface area contributed by atoms with E-state index in [4.69, 9.17) is 0 Å². The number of aromatic nitrogens is 3. The molecule has 3 aromatic heterocycles. The molecular weight excluding hydrogens is 370 g/mol. The summed E-state index contributed by atoms with van der Waals surface area (Å²) in [5, 5.41) is 8.58. The number of carbonyl (C=O) groups is 1. The smallest absolute Gasteiger partial charge is 0.251 e. The first-order valence-corrected chi connectivity index (χ1v) is 9.53. The van der Waals surface area contributed by atoms with Crippen LogP contribution in [0.1, 0.15) is 10.4 Å². The molecule has 0 spiro atoms. The minimum Gasteiger partial charge on any atom is -0.355 e. The van der Waals surface area contributed by atoms with Crippen LogP contribution in [0.25, 0.3) is 22.5 Å². The van der Waals surface area contributed by atoms with Gasteiger partial charge in [-0.25, -0.2) is 9.97 Å². The molecule has 28 heavy (non-hydrogen) atoms. The van der Waals surface area contributed by atoms with Gasteiger partial charge >= 0.3 is 0 Å². The van der Waals surface area contributed by atoms with Crippen LogP contribution in [0.15, 0.2) is 72.4 Å². The van der Waals surface area contributed by atoms with Crippen LogP contribution in [0.3, 0.4) is 0 Å². The van der Waals surface area contributed by atoms with Crippen molar-refractivity contribution in [3.63, 3.8) is 0 Å². The SMILES string of the molecule is CNC(=O)c1ccc(-c2ccnc(Nc3nc(-c4ccccn4)cs3)c2)cc1. The van der Waals surface area contributed by atoms with Crippen molar-refractivity contribution in [1.29, 1.82) is 0 Å². The molecule has 138 valence electrons. The maximum atomic E-state index is 11.7. The number of rotatable bonds is 5. The Kier molecular flexibility index (Phi) is 5.07. The van der Waals surface area contributed by atoms with E-state index in [9.17, 15) is 4.79 Å². The average molecular weight is 387 g/mol. The quantitative estimate of drug-likeness (QED) is 0.531. The van der Waals surface area contributed by atoms with Gasteiger partial charge < -0.3 is 10.6 Å². The molecule has 0 bridgehead atoms. The van der Waals surface area contributed by atoms with Crippen LogP contribution in [-0.4, -0.2) is 27.9 Å². The van der Waals surface area contributed by atoms with E-state index in [1.54, 1.807) is 19.4 Å². The van der Waals surface area contributed by atoms with Crippen LogP contribution >= 0.6 is 11.3 Å². The molecule has 0 aliphatic rings. The molecule has 6 nitrogen and oxygen atoms in total. The van der Waals surface area contributed by atoms with E-state index in [0.29, 0.717) is 11.4 Å². The summed E-state index contributed by atoms with van der Waals surface area (Å²) in [5.74, 6) is 0.603. The van der Waals surface area contributed by atoms with Crippen molar-refractivity contribution in [2.24, 2.45) is 0 Å². The third kappa shape index (κ3) is 3.89. The summed E-state index contributed by atoms with van der Waals surface area (Å²) >= 11 is 1.50. The van der Waals surface area contributed by atoms with Crippen molar-refractivity contribution in [3.8, 4) is 22.5 Å². The molecule has 1 amide bonds. The molecule has 0 unspecified atom stereocenters. The number of nitrogens with zero attached hydrogens (tertiary/aromatic N) is 3. The zero-order valence-electron chi connectivity index (χ0n) is 15.1. The Labute approximate surface area is 166 Å². The largest absolute Gasteiger partial charge is 0.355 e. The number of pyridine rings is 2. The second kappa shape index (κ2) is 7.98. The third-order valence-electron chi connectivity index (χ3n) is 4.13. The molecule has 4 aromatic rings. The number of hydrogen-bond acceptors (Lipinski definition) is 6. The highest BCUT2D eigenvalue weighted by Crippen LogP contribution is 2.27. The van der Waals surface area contributed by atoms with Gasteiger partial charge in [-0.05, 0) is 47.5 Å². The Bertz CT molecular complexity index is 1090. The Morgan fingerprint density at radius 3 is 2.54 bits per heavy atom. The van der Waals surface area contributed by atoms with Crippen LogP contribution in [0.5, 0.6) is 0 Å². The number of nitrogens with one attached hydrogen (secondary N) is 2. The normalized spacial score (nSPS) is 10.5. The molecule has 7 heteroatoms. The van der Waals surface area contributed by atoms with Gasteiger partial charge in [-0.2, -0.15) is 0 Å². The van der Waals surface area contributed by atoms with Gasteiger partial charge in [-0.15, -0.1) is 11.3 Å². The highest BCUT2D eigenvalue weighted by Gasteiger charge is 2.08. The maximum absolute atomic E-state index is 11.7. The molecule has 0 fully saturated rings. The van der Waals surface area contributed by atoms with Crippen molar-refractivity contribution in [2.45, 2.75) is 0 Å². The fourth-order valence-corrected chi connectivity index (χ4v) is 3.42.